The molecule has 0 radical (unpaired) electrons. The molecule has 3 aromatic heterocycles. The molecule has 2 heteroatoms. The molecule has 0 spiro atoms. The maximum atomic E-state index is 2.48. The Hall–Kier alpha value is -7.16. The number of benzene rings is 10. The summed E-state index contributed by atoms with van der Waals surface area (Å²) in [6, 6.07) is 67.7. The molecule has 10 aromatic carbocycles. The van der Waals surface area contributed by atoms with E-state index < -0.39 is 0 Å². The average molecular weight is 683 g/mol. The van der Waals surface area contributed by atoms with Crippen molar-refractivity contribution in [1.29, 1.82) is 0 Å². The summed E-state index contributed by atoms with van der Waals surface area (Å²) in [6.45, 7) is 0. The SMILES string of the molecule is c1cc(-c2ccc3c4ccccc4c4ccccc4c3c2)cc(-n2c3ccccc3c3cc4c(ccc5c4c4cccc6c7ccccc7n5c64)cc32)c1. The summed E-state index contributed by atoms with van der Waals surface area (Å²) in [7, 11) is 0. The molecule has 13 rings (SSSR count). The van der Waals surface area contributed by atoms with E-state index in [9.17, 15) is 0 Å². The Kier molecular flexibility index (Phi) is 5.39. The molecule has 0 saturated carbocycles. The molecule has 0 aliphatic heterocycles. The Bertz CT molecular complexity index is 3690. The van der Waals surface area contributed by atoms with E-state index in [-0.39, 0.29) is 0 Å². The number of fused-ring (bicyclic) bond motifs is 17. The third kappa shape index (κ3) is 3.59. The number of aromatic nitrogens is 2. The van der Waals surface area contributed by atoms with Crippen LogP contribution in [-0.2, 0) is 0 Å². The van der Waals surface area contributed by atoms with E-state index in [4.69, 9.17) is 0 Å². The molecule has 2 nitrogen and oxygen atoms in total. The Morgan fingerprint density at radius 3 is 1.65 bits per heavy atom. The molecule has 0 N–H and O–H groups in total. The lowest BCUT2D eigenvalue weighted by molar-refractivity contribution is 1.18. The molecular weight excluding hydrogens is 653 g/mol. The van der Waals surface area contributed by atoms with Crippen LogP contribution >= 0.6 is 0 Å². The van der Waals surface area contributed by atoms with Gasteiger partial charge in [0, 0.05) is 38.0 Å². The highest BCUT2D eigenvalue weighted by molar-refractivity contribution is 6.30. The summed E-state index contributed by atoms with van der Waals surface area (Å²) < 4.78 is 4.94. The Balaban J connectivity index is 1.05. The van der Waals surface area contributed by atoms with E-state index >= 15 is 0 Å². The molecule has 0 saturated heterocycles. The number of hydrogen-bond donors (Lipinski definition) is 0. The van der Waals surface area contributed by atoms with E-state index in [2.05, 4.69) is 191 Å². The summed E-state index contributed by atoms with van der Waals surface area (Å²) in [6.07, 6.45) is 0. The highest BCUT2D eigenvalue weighted by atomic mass is 15.0. The lowest BCUT2D eigenvalue weighted by Crippen LogP contribution is -1.94. The van der Waals surface area contributed by atoms with Crippen LogP contribution in [0.5, 0.6) is 0 Å². The van der Waals surface area contributed by atoms with Crippen LogP contribution in [0.15, 0.2) is 182 Å². The second-order valence-corrected chi connectivity index (χ2v) is 14.9. The van der Waals surface area contributed by atoms with E-state index in [1.54, 1.807) is 0 Å². The smallest absolute Gasteiger partial charge is 0.0620 e. The fraction of sp³-hybridized carbons (Fsp3) is 0. The highest BCUT2D eigenvalue weighted by Gasteiger charge is 2.20. The minimum atomic E-state index is 1.16. The molecule has 0 amide bonds. The average Bonchev–Trinajstić information content (AvgIpc) is 3.88. The van der Waals surface area contributed by atoms with Crippen molar-refractivity contribution in [3.05, 3.63) is 182 Å². The van der Waals surface area contributed by atoms with Gasteiger partial charge in [0.05, 0.1) is 27.6 Å². The second-order valence-electron chi connectivity index (χ2n) is 14.9. The second kappa shape index (κ2) is 10.2. The Morgan fingerprint density at radius 2 is 0.870 bits per heavy atom. The highest BCUT2D eigenvalue weighted by Crippen LogP contribution is 2.44. The van der Waals surface area contributed by atoms with Gasteiger partial charge in [-0.1, -0.05) is 133 Å². The van der Waals surface area contributed by atoms with Crippen LogP contribution in [-0.4, -0.2) is 8.97 Å². The van der Waals surface area contributed by atoms with E-state index in [1.165, 1.54) is 114 Å². The quantitative estimate of drug-likeness (QED) is 0.161. The van der Waals surface area contributed by atoms with E-state index in [0.29, 0.717) is 0 Å². The minimum Gasteiger partial charge on any atom is -0.309 e. The zero-order valence-electron chi connectivity index (χ0n) is 29.2. The summed E-state index contributed by atoms with van der Waals surface area (Å²) in [5.74, 6) is 0. The third-order valence-corrected chi connectivity index (χ3v) is 12.2. The monoisotopic (exact) mass is 682 g/mol. The molecule has 13 aromatic rings. The number of nitrogens with zero attached hydrogens (tertiary/aromatic N) is 2. The van der Waals surface area contributed by atoms with Crippen LogP contribution in [0, 0.1) is 0 Å². The lowest BCUT2D eigenvalue weighted by atomic mass is 9.92. The molecule has 0 bridgehead atoms. The van der Waals surface area contributed by atoms with Crippen molar-refractivity contribution < 1.29 is 0 Å². The fourth-order valence-corrected chi connectivity index (χ4v) is 9.91. The fourth-order valence-electron chi connectivity index (χ4n) is 9.91. The summed E-state index contributed by atoms with van der Waals surface area (Å²) in [5.41, 5.74) is 9.87. The standard InChI is InChI=1S/C52H30N2/c1-2-15-37-35(13-1)36-14-3-4-16-38(36)45-28-32(23-25-39(37)45)31-11-9-12-34(27-31)53-47-21-7-6-18-41(47)46-30-44-33(29-50(46)53)24-26-49-51(44)43-20-10-19-42-40-17-5-8-22-48(40)54(49)52(42)43/h1-30H. The molecule has 0 aliphatic rings. The third-order valence-electron chi connectivity index (χ3n) is 12.2. The summed E-state index contributed by atoms with van der Waals surface area (Å²) >= 11 is 0. The van der Waals surface area contributed by atoms with Gasteiger partial charge in [-0.25, -0.2) is 0 Å². The number of rotatable bonds is 2. The Morgan fingerprint density at radius 1 is 0.278 bits per heavy atom. The van der Waals surface area contributed by atoms with Crippen LogP contribution in [0.1, 0.15) is 0 Å². The molecule has 0 fully saturated rings. The first-order chi connectivity index (χ1) is 26.8. The predicted molar refractivity (Wildman–Crippen MR) is 231 cm³/mol. The van der Waals surface area contributed by atoms with Gasteiger partial charge in [0.2, 0.25) is 0 Å². The molecule has 248 valence electrons. The largest absolute Gasteiger partial charge is 0.309 e. The van der Waals surface area contributed by atoms with Crippen molar-refractivity contribution in [2.24, 2.45) is 0 Å². The van der Waals surface area contributed by atoms with Gasteiger partial charge >= 0.3 is 0 Å². The van der Waals surface area contributed by atoms with Crippen molar-refractivity contribution in [3.63, 3.8) is 0 Å². The molecule has 0 atom stereocenters. The first-order valence-electron chi connectivity index (χ1n) is 18.8. The van der Waals surface area contributed by atoms with Gasteiger partial charge in [0.25, 0.3) is 0 Å². The topological polar surface area (TPSA) is 9.34 Å². The van der Waals surface area contributed by atoms with Gasteiger partial charge in [-0.15, -0.1) is 0 Å². The van der Waals surface area contributed by atoms with Gasteiger partial charge in [-0.2, -0.15) is 0 Å². The minimum absolute atomic E-state index is 1.16. The van der Waals surface area contributed by atoms with Crippen LogP contribution in [0.25, 0.3) is 120 Å². The first-order valence-corrected chi connectivity index (χ1v) is 18.8. The molecular formula is C52H30N2. The summed E-state index contributed by atoms with van der Waals surface area (Å²) in [4.78, 5) is 0. The molecule has 0 aliphatic carbocycles. The Labute approximate surface area is 309 Å². The maximum Gasteiger partial charge on any atom is 0.0620 e. The van der Waals surface area contributed by atoms with Gasteiger partial charge in [-0.05, 0) is 103 Å². The first kappa shape index (κ1) is 28.4. The molecule has 3 heterocycles. The van der Waals surface area contributed by atoms with Gasteiger partial charge < -0.3 is 8.97 Å². The van der Waals surface area contributed by atoms with Crippen molar-refractivity contribution in [2.75, 3.05) is 0 Å². The zero-order valence-corrected chi connectivity index (χ0v) is 29.2. The van der Waals surface area contributed by atoms with Crippen molar-refractivity contribution in [3.8, 4) is 16.8 Å². The van der Waals surface area contributed by atoms with Gasteiger partial charge in [0.15, 0.2) is 0 Å². The zero-order chi connectivity index (χ0) is 35.1. The summed E-state index contributed by atoms with van der Waals surface area (Å²) in [5, 5.41) is 18.1. The predicted octanol–water partition coefficient (Wildman–Crippen LogP) is 14.2. The van der Waals surface area contributed by atoms with Gasteiger partial charge in [0.1, 0.15) is 0 Å². The molecule has 0 unspecified atom stereocenters. The van der Waals surface area contributed by atoms with Crippen molar-refractivity contribution in [2.45, 2.75) is 0 Å². The van der Waals surface area contributed by atoms with E-state index in [0.717, 1.165) is 5.69 Å². The van der Waals surface area contributed by atoms with Crippen LogP contribution in [0.3, 0.4) is 0 Å². The number of hydrogen-bond acceptors (Lipinski definition) is 0. The van der Waals surface area contributed by atoms with Crippen molar-refractivity contribution in [1.82, 2.24) is 8.97 Å². The van der Waals surface area contributed by atoms with Gasteiger partial charge in [-0.3, -0.25) is 0 Å². The number of para-hydroxylation sites is 3. The van der Waals surface area contributed by atoms with Crippen LogP contribution in [0.4, 0.5) is 0 Å². The van der Waals surface area contributed by atoms with Crippen molar-refractivity contribution >= 4 is 103 Å². The van der Waals surface area contributed by atoms with E-state index in [1.807, 2.05) is 0 Å². The maximum absolute atomic E-state index is 2.48. The van der Waals surface area contributed by atoms with Crippen LogP contribution < -0.4 is 0 Å². The lowest BCUT2D eigenvalue weighted by Gasteiger charge is -2.13. The van der Waals surface area contributed by atoms with Crippen LogP contribution in [0.2, 0.25) is 0 Å². The molecule has 54 heavy (non-hydrogen) atoms. The normalized spacial score (nSPS) is 12.4.